The maximum Gasteiger partial charge on any atom is 0.311 e. The van der Waals surface area contributed by atoms with E-state index in [0.717, 1.165) is 0 Å². The van der Waals surface area contributed by atoms with Gasteiger partial charge in [-0.2, -0.15) is 0 Å². The number of alkyl halides is 2. The van der Waals surface area contributed by atoms with Crippen molar-refractivity contribution in [1.29, 1.82) is 0 Å². The third-order valence-corrected chi connectivity index (χ3v) is 2.74. The number of ether oxygens (including phenoxy) is 1. The first-order chi connectivity index (χ1) is 7.95. The van der Waals surface area contributed by atoms with Crippen molar-refractivity contribution in [2.75, 3.05) is 6.61 Å². The Morgan fingerprint density at radius 2 is 2.29 bits per heavy atom. The highest BCUT2D eigenvalue weighted by Crippen LogP contribution is 2.31. The van der Waals surface area contributed by atoms with Gasteiger partial charge in [0.15, 0.2) is 0 Å². The van der Waals surface area contributed by atoms with Gasteiger partial charge in [0, 0.05) is 4.47 Å². The van der Waals surface area contributed by atoms with Crippen LogP contribution < -0.4 is 0 Å². The van der Waals surface area contributed by atoms with Gasteiger partial charge in [0.2, 0.25) is 0 Å². The molecule has 0 saturated carbocycles. The van der Waals surface area contributed by atoms with Gasteiger partial charge in [0.1, 0.15) is 5.15 Å². The van der Waals surface area contributed by atoms with Crippen LogP contribution in [0.2, 0.25) is 5.15 Å². The van der Waals surface area contributed by atoms with E-state index < -0.39 is 12.4 Å². The zero-order valence-corrected chi connectivity index (χ0v) is 11.2. The number of pyridine rings is 1. The van der Waals surface area contributed by atoms with Gasteiger partial charge in [0.25, 0.3) is 6.43 Å². The summed E-state index contributed by atoms with van der Waals surface area (Å²) in [6, 6.07) is 1.26. The summed E-state index contributed by atoms with van der Waals surface area (Å²) in [5.74, 6) is -0.615. The van der Waals surface area contributed by atoms with Crippen molar-refractivity contribution in [3.05, 3.63) is 26.9 Å². The fraction of sp³-hybridized carbons (Fsp3) is 0.400. The van der Waals surface area contributed by atoms with Crippen molar-refractivity contribution < 1.29 is 18.3 Å². The van der Waals surface area contributed by atoms with Crippen LogP contribution in [-0.2, 0) is 16.0 Å². The monoisotopic (exact) mass is 327 g/mol. The summed E-state index contributed by atoms with van der Waals surface area (Å²) in [7, 11) is 0. The lowest BCUT2D eigenvalue weighted by Crippen LogP contribution is -2.11. The molecule has 94 valence electrons. The Morgan fingerprint density at radius 3 is 2.82 bits per heavy atom. The topological polar surface area (TPSA) is 39.2 Å². The molecular weight excluding hydrogens is 319 g/mol. The Balaban J connectivity index is 3.08. The van der Waals surface area contributed by atoms with E-state index in [1.54, 1.807) is 6.92 Å². The predicted octanol–water partition coefficient (Wildman–Crippen LogP) is 3.54. The summed E-state index contributed by atoms with van der Waals surface area (Å²) < 4.78 is 30.4. The molecule has 0 spiro atoms. The molecule has 7 heteroatoms. The van der Waals surface area contributed by atoms with Crippen molar-refractivity contribution in [2.24, 2.45) is 0 Å². The molecular formula is C10H9BrClF2NO2. The van der Waals surface area contributed by atoms with E-state index in [1.165, 1.54) is 6.07 Å². The van der Waals surface area contributed by atoms with Crippen LogP contribution in [0.4, 0.5) is 8.78 Å². The molecule has 0 radical (unpaired) electrons. The molecule has 0 unspecified atom stereocenters. The molecule has 0 bridgehead atoms. The van der Waals surface area contributed by atoms with Crippen molar-refractivity contribution in [3.8, 4) is 0 Å². The molecule has 3 nitrogen and oxygen atoms in total. The third-order valence-electron chi connectivity index (χ3n) is 1.89. The Hall–Kier alpha value is -0.750. The number of hydrogen-bond donors (Lipinski definition) is 0. The second-order valence-electron chi connectivity index (χ2n) is 3.07. The highest BCUT2D eigenvalue weighted by molar-refractivity contribution is 9.10. The quantitative estimate of drug-likeness (QED) is 0.627. The average molecular weight is 329 g/mol. The highest BCUT2D eigenvalue weighted by atomic mass is 79.9. The van der Waals surface area contributed by atoms with Crippen molar-refractivity contribution in [3.63, 3.8) is 0 Å². The number of carbonyl (C=O) groups excluding carboxylic acids is 1. The number of nitrogens with zero attached hydrogens (tertiary/aromatic N) is 1. The molecule has 0 aromatic carbocycles. The van der Waals surface area contributed by atoms with E-state index in [9.17, 15) is 13.6 Å². The smallest absolute Gasteiger partial charge is 0.311 e. The lowest BCUT2D eigenvalue weighted by molar-refractivity contribution is -0.142. The largest absolute Gasteiger partial charge is 0.466 e. The Bertz CT molecular complexity index is 429. The molecule has 17 heavy (non-hydrogen) atoms. The molecule has 0 atom stereocenters. The lowest BCUT2D eigenvalue weighted by Gasteiger charge is -2.10. The highest BCUT2D eigenvalue weighted by Gasteiger charge is 2.21. The molecule has 0 amide bonds. The van der Waals surface area contributed by atoms with Crippen LogP contribution in [0.25, 0.3) is 0 Å². The number of halogens is 4. The first-order valence-corrected chi connectivity index (χ1v) is 5.91. The van der Waals surface area contributed by atoms with Crippen molar-refractivity contribution in [1.82, 2.24) is 4.98 Å². The minimum atomic E-state index is -2.74. The first kappa shape index (κ1) is 14.3. The molecule has 0 aliphatic carbocycles. The number of hydrogen-bond acceptors (Lipinski definition) is 3. The van der Waals surface area contributed by atoms with Gasteiger partial charge in [-0.3, -0.25) is 4.79 Å². The van der Waals surface area contributed by atoms with Gasteiger partial charge in [-0.05, 0) is 13.0 Å². The van der Waals surface area contributed by atoms with E-state index in [4.69, 9.17) is 11.6 Å². The standard InChI is InChI=1S/C10H9BrClF2NO2/c1-2-17-8(16)4-6-9(10(13)14)5(11)3-7(12)15-6/h3,10H,2,4H2,1H3. The zero-order valence-electron chi connectivity index (χ0n) is 8.84. The number of carbonyl (C=O) groups is 1. The molecule has 0 aliphatic heterocycles. The molecule has 0 N–H and O–H groups in total. The average Bonchev–Trinajstić information content (AvgIpc) is 2.15. The SMILES string of the molecule is CCOC(=O)Cc1nc(Cl)cc(Br)c1C(F)F. The molecule has 0 fully saturated rings. The molecule has 1 aromatic rings. The van der Waals surface area contributed by atoms with Crippen LogP contribution in [0.5, 0.6) is 0 Å². The minimum Gasteiger partial charge on any atom is -0.466 e. The summed E-state index contributed by atoms with van der Waals surface area (Å²) >= 11 is 8.62. The molecule has 1 heterocycles. The predicted molar refractivity (Wildman–Crippen MR) is 62.2 cm³/mol. The summed E-state index contributed by atoms with van der Waals surface area (Å²) in [5.41, 5.74) is -0.403. The Labute approximate surface area is 110 Å². The Kier molecular flexibility index (Phi) is 5.27. The van der Waals surface area contributed by atoms with Gasteiger partial charge in [0.05, 0.1) is 24.3 Å². The van der Waals surface area contributed by atoms with E-state index in [-0.39, 0.29) is 33.9 Å². The van der Waals surface area contributed by atoms with Gasteiger partial charge in [-0.15, -0.1) is 0 Å². The summed E-state index contributed by atoms with van der Waals surface area (Å²) in [6.07, 6.45) is -3.06. The minimum absolute atomic E-state index is 0.0422. The molecule has 1 aromatic heterocycles. The van der Waals surface area contributed by atoms with Crippen LogP contribution in [0, 0.1) is 0 Å². The van der Waals surface area contributed by atoms with Crippen LogP contribution >= 0.6 is 27.5 Å². The maximum absolute atomic E-state index is 12.8. The van der Waals surface area contributed by atoms with E-state index in [2.05, 4.69) is 25.7 Å². The van der Waals surface area contributed by atoms with Crippen LogP contribution in [0.3, 0.4) is 0 Å². The molecule has 0 aliphatic rings. The van der Waals surface area contributed by atoms with Crippen LogP contribution in [0.1, 0.15) is 24.6 Å². The second-order valence-corrected chi connectivity index (χ2v) is 4.31. The Morgan fingerprint density at radius 1 is 1.65 bits per heavy atom. The first-order valence-electron chi connectivity index (χ1n) is 4.74. The maximum atomic E-state index is 12.8. The summed E-state index contributed by atoms with van der Waals surface area (Å²) in [5, 5.41) is 0.0422. The molecule has 1 rings (SSSR count). The fourth-order valence-electron chi connectivity index (χ4n) is 1.26. The number of esters is 1. The van der Waals surface area contributed by atoms with Crippen molar-refractivity contribution in [2.45, 2.75) is 19.8 Å². The number of rotatable bonds is 4. The fourth-order valence-corrected chi connectivity index (χ4v) is 2.22. The number of aromatic nitrogens is 1. The van der Waals surface area contributed by atoms with E-state index >= 15 is 0 Å². The summed E-state index contributed by atoms with van der Waals surface area (Å²) in [4.78, 5) is 15.0. The second kappa shape index (κ2) is 6.26. The van der Waals surface area contributed by atoms with E-state index in [1.807, 2.05) is 0 Å². The van der Waals surface area contributed by atoms with Gasteiger partial charge >= 0.3 is 5.97 Å². The molecule has 0 saturated heterocycles. The van der Waals surface area contributed by atoms with Crippen LogP contribution in [0.15, 0.2) is 10.5 Å². The summed E-state index contributed by atoms with van der Waals surface area (Å²) in [6.45, 7) is 1.82. The zero-order chi connectivity index (χ0) is 13.0. The van der Waals surface area contributed by atoms with Gasteiger partial charge < -0.3 is 4.74 Å². The van der Waals surface area contributed by atoms with Crippen LogP contribution in [-0.4, -0.2) is 17.6 Å². The third kappa shape index (κ3) is 3.89. The van der Waals surface area contributed by atoms with Crippen molar-refractivity contribution >= 4 is 33.5 Å². The lowest BCUT2D eigenvalue weighted by atomic mass is 10.1. The normalized spacial score (nSPS) is 10.7. The van der Waals surface area contributed by atoms with Gasteiger partial charge in [-0.1, -0.05) is 27.5 Å². The van der Waals surface area contributed by atoms with Gasteiger partial charge in [-0.25, -0.2) is 13.8 Å². The van der Waals surface area contributed by atoms with E-state index in [0.29, 0.717) is 0 Å².